The van der Waals surface area contributed by atoms with Crippen LogP contribution in [-0.2, 0) is 27.5 Å². The molecule has 0 aliphatic carbocycles. The largest absolute Gasteiger partial charge is 0.376 e. The Morgan fingerprint density at radius 3 is 1.96 bits per heavy atom. The van der Waals surface area contributed by atoms with Gasteiger partial charge in [0.25, 0.3) is 0 Å². The predicted molar refractivity (Wildman–Crippen MR) is 95.5 cm³/mol. The molecule has 0 aliphatic rings. The molecule has 128 valence electrons. The van der Waals surface area contributed by atoms with Crippen molar-refractivity contribution in [2.75, 3.05) is 6.61 Å². The minimum absolute atomic E-state index is 0.137. The molecular weight excluding hydrogens is 300 g/mol. The fraction of sp³-hybridized carbons (Fsp3) is 0.381. The third-order valence-electron chi connectivity index (χ3n) is 4.07. The highest BCUT2D eigenvalue weighted by Gasteiger charge is 2.24. The Bertz CT molecular complexity index is 583. The minimum Gasteiger partial charge on any atom is -0.376 e. The molecule has 24 heavy (non-hydrogen) atoms. The molecular formula is C21H26O3. The summed E-state index contributed by atoms with van der Waals surface area (Å²) in [6.07, 6.45) is 0.807. The first-order valence-electron chi connectivity index (χ1n) is 8.43. The van der Waals surface area contributed by atoms with E-state index in [4.69, 9.17) is 9.47 Å². The predicted octanol–water partition coefficient (Wildman–Crippen LogP) is 4.26. The van der Waals surface area contributed by atoms with Crippen molar-refractivity contribution >= 4 is 6.29 Å². The zero-order chi connectivity index (χ0) is 17.2. The molecule has 0 aliphatic heterocycles. The van der Waals surface area contributed by atoms with Crippen molar-refractivity contribution < 1.29 is 14.3 Å². The lowest BCUT2D eigenvalue weighted by molar-refractivity contribution is -0.119. The molecule has 0 saturated carbocycles. The molecule has 3 heteroatoms. The molecule has 0 bridgehead atoms. The molecule has 2 aromatic carbocycles. The quantitative estimate of drug-likeness (QED) is 0.612. The minimum atomic E-state index is -0.163. The van der Waals surface area contributed by atoms with Gasteiger partial charge in [-0.1, -0.05) is 74.5 Å². The maximum Gasteiger partial charge on any atom is 0.125 e. The first-order chi connectivity index (χ1) is 11.7. The van der Waals surface area contributed by atoms with E-state index in [0.717, 1.165) is 17.4 Å². The maximum absolute atomic E-state index is 11.2. The van der Waals surface area contributed by atoms with Crippen LogP contribution < -0.4 is 0 Å². The average molecular weight is 326 g/mol. The fourth-order valence-electron chi connectivity index (χ4n) is 2.71. The lowest BCUT2D eigenvalue weighted by Crippen LogP contribution is -2.32. The molecule has 0 heterocycles. The number of ether oxygens (including phenoxy) is 2. The van der Waals surface area contributed by atoms with Gasteiger partial charge in [0.05, 0.1) is 25.9 Å². The van der Waals surface area contributed by atoms with Crippen LogP contribution >= 0.6 is 0 Å². The first-order valence-corrected chi connectivity index (χ1v) is 8.43. The molecule has 0 amide bonds. The summed E-state index contributed by atoms with van der Waals surface area (Å²) >= 11 is 0. The van der Waals surface area contributed by atoms with Crippen molar-refractivity contribution in [2.45, 2.75) is 33.2 Å². The van der Waals surface area contributed by atoms with Crippen LogP contribution in [0.15, 0.2) is 60.7 Å². The van der Waals surface area contributed by atoms with E-state index in [0.29, 0.717) is 19.8 Å². The normalized spacial score (nSPS) is 14.8. The van der Waals surface area contributed by atoms with Crippen molar-refractivity contribution in [1.29, 1.82) is 0 Å². The lowest BCUT2D eigenvalue weighted by Gasteiger charge is -2.27. The Morgan fingerprint density at radius 2 is 1.42 bits per heavy atom. The van der Waals surface area contributed by atoms with Gasteiger partial charge >= 0.3 is 0 Å². The van der Waals surface area contributed by atoms with Crippen LogP contribution in [0.4, 0.5) is 0 Å². The van der Waals surface area contributed by atoms with Gasteiger partial charge in [0.1, 0.15) is 6.29 Å². The number of aldehydes is 1. The Morgan fingerprint density at radius 1 is 0.875 bits per heavy atom. The monoisotopic (exact) mass is 326 g/mol. The molecule has 0 fully saturated rings. The van der Waals surface area contributed by atoms with Gasteiger partial charge in [0.15, 0.2) is 0 Å². The van der Waals surface area contributed by atoms with Gasteiger partial charge in [0.2, 0.25) is 0 Å². The second-order valence-electron chi connectivity index (χ2n) is 6.23. The van der Waals surface area contributed by atoms with Gasteiger partial charge in [-0.3, -0.25) is 0 Å². The van der Waals surface area contributed by atoms with Gasteiger partial charge in [-0.05, 0) is 11.1 Å². The molecule has 2 rings (SSSR count). The van der Waals surface area contributed by atoms with Gasteiger partial charge in [-0.15, -0.1) is 0 Å². The summed E-state index contributed by atoms with van der Waals surface area (Å²) < 4.78 is 11.8. The number of carbonyl (C=O) groups is 1. The third-order valence-corrected chi connectivity index (χ3v) is 4.07. The Kier molecular flexibility index (Phi) is 7.66. The zero-order valence-corrected chi connectivity index (χ0v) is 14.4. The summed E-state index contributed by atoms with van der Waals surface area (Å²) in [4.78, 5) is 11.2. The molecule has 2 aromatic rings. The fourth-order valence-corrected chi connectivity index (χ4v) is 2.71. The summed E-state index contributed by atoms with van der Waals surface area (Å²) in [5, 5.41) is 0. The SMILES string of the molecule is C[C@H](C=O)[C@H](OCc1ccccc1)[C@@H](C)COCc1ccccc1. The Hall–Kier alpha value is -1.97. The maximum atomic E-state index is 11.2. The third kappa shape index (κ3) is 5.91. The van der Waals surface area contributed by atoms with E-state index in [-0.39, 0.29) is 17.9 Å². The Balaban J connectivity index is 1.85. The van der Waals surface area contributed by atoms with E-state index >= 15 is 0 Å². The molecule has 0 spiro atoms. The van der Waals surface area contributed by atoms with Crippen LogP contribution in [0.25, 0.3) is 0 Å². The lowest BCUT2D eigenvalue weighted by atomic mass is 9.94. The Labute approximate surface area is 144 Å². The number of hydrogen-bond donors (Lipinski definition) is 0. The smallest absolute Gasteiger partial charge is 0.125 e. The molecule has 0 saturated heterocycles. The highest BCUT2D eigenvalue weighted by Crippen LogP contribution is 2.19. The second kappa shape index (κ2) is 10.0. The van der Waals surface area contributed by atoms with Gasteiger partial charge in [0, 0.05) is 11.8 Å². The molecule has 3 atom stereocenters. The molecule has 0 aromatic heterocycles. The topological polar surface area (TPSA) is 35.5 Å². The van der Waals surface area contributed by atoms with Crippen LogP contribution in [0.2, 0.25) is 0 Å². The van der Waals surface area contributed by atoms with Crippen molar-refractivity contribution in [3.8, 4) is 0 Å². The number of carbonyl (C=O) groups excluding carboxylic acids is 1. The van der Waals surface area contributed by atoms with Crippen LogP contribution in [0.3, 0.4) is 0 Å². The van der Waals surface area contributed by atoms with Crippen molar-refractivity contribution in [3.05, 3.63) is 71.8 Å². The second-order valence-corrected chi connectivity index (χ2v) is 6.23. The van der Waals surface area contributed by atoms with Crippen LogP contribution in [0.1, 0.15) is 25.0 Å². The number of hydrogen-bond acceptors (Lipinski definition) is 3. The highest BCUT2D eigenvalue weighted by molar-refractivity contribution is 5.53. The van der Waals surface area contributed by atoms with E-state index in [2.05, 4.69) is 6.92 Å². The summed E-state index contributed by atoms with van der Waals surface area (Å²) in [5.41, 5.74) is 2.26. The van der Waals surface area contributed by atoms with Crippen molar-refractivity contribution in [2.24, 2.45) is 11.8 Å². The number of rotatable bonds is 10. The van der Waals surface area contributed by atoms with Crippen LogP contribution in [0, 0.1) is 11.8 Å². The molecule has 0 radical (unpaired) electrons. The molecule has 0 unspecified atom stereocenters. The summed E-state index contributed by atoms with van der Waals surface area (Å²) in [6, 6.07) is 20.1. The highest BCUT2D eigenvalue weighted by atomic mass is 16.5. The summed E-state index contributed by atoms with van der Waals surface area (Å²) in [7, 11) is 0. The standard InChI is InChI=1S/C21H26O3/c1-17(13-22)21(24-16-20-11-7-4-8-12-20)18(2)14-23-15-19-9-5-3-6-10-19/h3-13,17-18,21H,14-16H2,1-2H3/t17-,18+,21+/m1/s1. The van der Waals surface area contributed by atoms with E-state index in [1.807, 2.05) is 67.6 Å². The number of benzene rings is 2. The summed E-state index contributed by atoms with van der Waals surface area (Å²) in [6.45, 7) is 5.61. The van der Waals surface area contributed by atoms with E-state index in [9.17, 15) is 4.79 Å². The van der Waals surface area contributed by atoms with E-state index in [1.165, 1.54) is 0 Å². The average Bonchev–Trinajstić information content (AvgIpc) is 2.63. The summed E-state index contributed by atoms with van der Waals surface area (Å²) in [5.74, 6) is -0.0262. The molecule has 0 N–H and O–H groups in total. The van der Waals surface area contributed by atoms with Crippen molar-refractivity contribution in [3.63, 3.8) is 0 Å². The van der Waals surface area contributed by atoms with Crippen LogP contribution in [-0.4, -0.2) is 19.0 Å². The van der Waals surface area contributed by atoms with E-state index in [1.54, 1.807) is 0 Å². The first kappa shape index (κ1) is 18.4. The molecule has 3 nitrogen and oxygen atoms in total. The van der Waals surface area contributed by atoms with E-state index < -0.39 is 0 Å². The van der Waals surface area contributed by atoms with Gasteiger partial charge in [-0.2, -0.15) is 0 Å². The van der Waals surface area contributed by atoms with Gasteiger partial charge < -0.3 is 14.3 Å². The zero-order valence-electron chi connectivity index (χ0n) is 14.4. The van der Waals surface area contributed by atoms with Crippen LogP contribution in [0.5, 0.6) is 0 Å². The van der Waals surface area contributed by atoms with Gasteiger partial charge in [-0.25, -0.2) is 0 Å². The van der Waals surface area contributed by atoms with Crippen molar-refractivity contribution in [1.82, 2.24) is 0 Å².